The fourth-order valence-corrected chi connectivity index (χ4v) is 2.38. The zero-order chi connectivity index (χ0) is 16.0. The standard InChI is InChI=1S/C17H26FN3/c1-6-7-20-14(4)15-9-16(18)13(3)8-17(15)21(5)11-12(2)10-19/h8-9,12,14,20H,6-7,11H2,1-5H3. The van der Waals surface area contributed by atoms with Gasteiger partial charge in [0.1, 0.15) is 5.82 Å². The number of halogens is 1. The van der Waals surface area contributed by atoms with Crippen molar-refractivity contribution in [2.75, 3.05) is 25.0 Å². The van der Waals surface area contributed by atoms with Gasteiger partial charge in [0.25, 0.3) is 0 Å². The predicted molar refractivity (Wildman–Crippen MR) is 85.9 cm³/mol. The van der Waals surface area contributed by atoms with Gasteiger partial charge in [0.2, 0.25) is 0 Å². The lowest BCUT2D eigenvalue weighted by Gasteiger charge is -2.27. The number of hydrogen-bond acceptors (Lipinski definition) is 3. The van der Waals surface area contributed by atoms with Crippen LogP contribution in [0, 0.1) is 30.0 Å². The summed E-state index contributed by atoms with van der Waals surface area (Å²) in [6.45, 7) is 9.35. The Morgan fingerprint density at radius 3 is 2.62 bits per heavy atom. The molecule has 0 heterocycles. The van der Waals surface area contributed by atoms with Gasteiger partial charge in [-0.1, -0.05) is 6.92 Å². The van der Waals surface area contributed by atoms with Crippen molar-refractivity contribution in [1.82, 2.24) is 5.32 Å². The Labute approximate surface area is 127 Å². The molecule has 116 valence electrons. The maximum atomic E-state index is 13.9. The molecule has 2 atom stereocenters. The average Bonchev–Trinajstić information content (AvgIpc) is 2.46. The molecular weight excluding hydrogens is 265 g/mol. The summed E-state index contributed by atoms with van der Waals surface area (Å²) in [5.41, 5.74) is 2.57. The van der Waals surface area contributed by atoms with E-state index in [1.165, 1.54) is 0 Å². The fourth-order valence-electron chi connectivity index (χ4n) is 2.38. The highest BCUT2D eigenvalue weighted by Gasteiger charge is 2.17. The quantitative estimate of drug-likeness (QED) is 0.830. The van der Waals surface area contributed by atoms with Crippen molar-refractivity contribution in [1.29, 1.82) is 5.26 Å². The molecule has 0 bridgehead atoms. The summed E-state index contributed by atoms with van der Waals surface area (Å²) in [5.74, 6) is -0.243. The van der Waals surface area contributed by atoms with E-state index < -0.39 is 0 Å². The van der Waals surface area contributed by atoms with Gasteiger partial charge in [0.05, 0.1) is 12.0 Å². The van der Waals surface area contributed by atoms with Crippen LogP contribution in [0.2, 0.25) is 0 Å². The molecule has 0 saturated heterocycles. The third-order valence-corrected chi connectivity index (χ3v) is 3.65. The van der Waals surface area contributed by atoms with E-state index in [1.54, 1.807) is 13.0 Å². The van der Waals surface area contributed by atoms with Crippen LogP contribution in [0.5, 0.6) is 0 Å². The summed E-state index contributed by atoms with van der Waals surface area (Å²) in [4.78, 5) is 2.04. The molecule has 0 amide bonds. The van der Waals surface area contributed by atoms with Crippen molar-refractivity contribution < 1.29 is 4.39 Å². The summed E-state index contributed by atoms with van der Waals surface area (Å²) in [5, 5.41) is 12.4. The minimum Gasteiger partial charge on any atom is -0.373 e. The minimum atomic E-state index is -0.180. The van der Waals surface area contributed by atoms with Crippen LogP contribution in [0.25, 0.3) is 0 Å². The van der Waals surface area contributed by atoms with Gasteiger partial charge in [-0.25, -0.2) is 4.39 Å². The molecule has 0 spiro atoms. The number of nitrogens with zero attached hydrogens (tertiary/aromatic N) is 2. The number of nitriles is 1. The minimum absolute atomic E-state index is 0.0629. The zero-order valence-corrected chi connectivity index (χ0v) is 13.7. The van der Waals surface area contributed by atoms with Crippen molar-refractivity contribution in [3.63, 3.8) is 0 Å². The molecule has 0 aromatic heterocycles. The van der Waals surface area contributed by atoms with Crippen molar-refractivity contribution in [2.45, 2.75) is 40.2 Å². The monoisotopic (exact) mass is 291 g/mol. The number of rotatable bonds is 7. The van der Waals surface area contributed by atoms with Crippen LogP contribution in [0.15, 0.2) is 12.1 Å². The van der Waals surface area contributed by atoms with Crippen LogP contribution in [0.1, 0.15) is 44.4 Å². The summed E-state index contributed by atoms with van der Waals surface area (Å²) < 4.78 is 13.9. The Balaban J connectivity index is 3.10. The molecule has 21 heavy (non-hydrogen) atoms. The van der Waals surface area contributed by atoms with Gasteiger partial charge in [0.15, 0.2) is 0 Å². The first-order chi connectivity index (χ1) is 9.90. The van der Waals surface area contributed by atoms with E-state index in [0.717, 1.165) is 24.2 Å². The summed E-state index contributed by atoms with van der Waals surface area (Å²) >= 11 is 0. The van der Waals surface area contributed by atoms with E-state index in [0.29, 0.717) is 12.1 Å². The second-order valence-corrected chi connectivity index (χ2v) is 5.75. The molecular formula is C17H26FN3. The van der Waals surface area contributed by atoms with E-state index in [-0.39, 0.29) is 17.8 Å². The van der Waals surface area contributed by atoms with E-state index in [9.17, 15) is 4.39 Å². The van der Waals surface area contributed by atoms with E-state index in [1.807, 2.05) is 31.9 Å². The lowest BCUT2D eigenvalue weighted by Crippen LogP contribution is -2.27. The molecule has 1 rings (SSSR count). The molecule has 0 fully saturated rings. The Morgan fingerprint density at radius 2 is 2.05 bits per heavy atom. The van der Waals surface area contributed by atoms with Gasteiger partial charge in [-0.05, 0) is 57.0 Å². The predicted octanol–water partition coefficient (Wildman–Crippen LogP) is 3.79. The Morgan fingerprint density at radius 1 is 1.38 bits per heavy atom. The third kappa shape index (κ3) is 4.71. The molecule has 0 aliphatic carbocycles. The average molecular weight is 291 g/mol. The van der Waals surface area contributed by atoms with Crippen molar-refractivity contribution in [3.8, 4) is 6.07 Å². The molecule has 0 radical (unpaired) electrons. The maximum absolute atomic E-state index is 13.9. The number of benzene rings is 1. The number of hydrogen-bond donors (Lipinski definition) is 1. The lowest BCUT2D eigenvalue weighted by molar-refractivity contribution is 0.558. The summed E-state index contributed by atoms with van der Waals surface area (Å²) in [6.07, 6.45) is 1.04. The van der Waals surface area contributed by atoms with Gasteiger partial charge in [0, 0.05) is 25.3 Å². The second kappa shape index (κ2) is 7.99. The van der Waals surface area contributed by atoms with Crippen molar-refractivity contribution in [3.05, 3.63) is 29.1 Å². The largest absolute Gasteiger partial charge is 0.373 e. The Kier molecular flexibility index (Phi) is 6.64. The SMILES string of the molecule is CCCNC(C)c1cc(F)c(C)cc1N(C)CC(C)C#N. The first kappa shape index (κ1) is 17.5. The number of anilines is 1. The van der Waals surface area contributed by atoms with E-state index >= 15 is 0 Å². The number of aryl methyl sites for hydroxylation is 1. The van der Waals surface area contributed by atoms with E-state index in [4.69, 9.17) is 5.26 Å². The summed E-state index contributed by atoms with van der Waals surface area (Å²) in [6, 6.07) is 5.81. The molecule has 0 aliphatic heterocycles. The van der Waals surface area contributed by atoms with Crippen LogP contribution >= 0.6 is 0 Å². The van der Waals surface area contributed by atoms with Gasteiger partial charge >= 0.3 is 0 Å². The van der Waals surface area contributed by atoms with Crippen molar-refractivity contribution in [2.24, 2.45) is 5.92 Å². The smallest absolute Gasteiger partial charge is 0.126 e. The Bertz CT molecular complexity index is 507. The van der Waals surface area contributed by atoms with Gasteiger partial charge < -0.3 is 10.2 Å². The highest BCUT2D eigenvalue weighted by Crippen LogP contribution is 2.29. The molecule has 1 aromatic rings. The zero-order valence-electron chi connectivity index (χ0n) is 13.7. The fraction of sp³-hybridized carbons (Fsp3) is 0.588. The topological polar surface area (TPSA) is 39.1 Å². The first-order valence-electron chi connectivity index (χ1n) is 7.54. The second-order valence-electron chi connectivity index (χ2n) is 5.75. The first-order valence-corrected chi connectivity index (χ1v) is 7.54. The van der Waals surface area contributed by atoms with Crippen LogP contribution in [-0.2, 0) is 0 Å². The molecule has 0 saturated carbocycles. The lowest BCUT2D eigenvalue weighted by atomic mass is 10.0. The van der Waals surface area contributed by atoms with Crippen LogP contribution in [0.3, 0.4) is 0 Å². The van der Waals surface area contributed by atoms with Crippen LogP contribution in [0.4, 0.5) is 10.1 Å². The molecule has 0 aliphatic rings. The highest BCUT2D eigenvalue weighted by atomic mass is 19.1. The van der Waals surface area contributed by atoms with Crippen LogP contribution in [-0.4, -0.2) is 20.1 Å². The molecule has 1 aromatic carbocycles. The Hall–Kier alpha value is -1.60. The molecule has 4 heteroatoms. The number of nitrogens with one attached hydrogen (secondary N) is 1. The van der Waals surface area contributed by atoms with E-state index in [2.05, 4.69) is 18.3 Å². The highest BCUT2D eigenvalue weighted by molar-refractivity contribution is 5.56. The van der Waals surface area contributed by atoms with Gasteiger partial charge in [-0.3, -0.25) is 0 Å². The van der Waals surface area contributed by atoms with Crippen LogP contribution < -0.4 is 10.2 Å². The van der Waals surface area contributed by atoms with Gasteiger partial charge in [-0.15, -0.1) is 0 Å². The third-order valence-electron chi connectivity index (χ3n) is 3.65. The van der Waals surface area contributed by atoms with Gasteiger partial charge in [-0.2, -0.15) is 5.26 Å². The normalized spacial score (nSPS) is 13.6. The molecule has 2 unspecified atom stereocenters. The molecule has 3 nitrogen and oxygen atoms in total. The van der Waals surface area contributed by atoms with Crippen molar-refractivity contribution >= 4 is 5.69 Å². The maximum Gasteiger partial charge on any atom is 0.126 e. The summed E-state index contributed by atoms with van der Waals surface area (Å²) in [7, 11) is 1.95. The molecule has 1 N–H and O–H groups in total.